The standard InChI is InChI=1S/C21H21ClN2O4S/c1-2-26-19-13-14(12-16-20(25)24-21(29)23-16)8-9-18(19)28-11-5-10-27-17-7-4-3-6-15(17)22/h3-4,6-9,12-13H,2,5,10-11H2,1H3,(H2,23,24,25,29)/b16-12-. The largest absolute Gasteiger partial charge is 0.492 e. The molecule has 1 heterocycles. The molecule has 0 aromatic heterocycles. The fraction of sp³-hybridized carbons (Fsp3) is 0.238. The molecule has 1 aliphatic rings. The fourth-order valence-corrected chi connectivity index (χ4v) is 3.03. The van der Waals surface area contributed by atoms with Crippen LogP contribution in [-0.4, -0.2) is 30.8 Å². The van der Waals surface area contributed by atoms with E-state index < -0.39 is 0 Å². The number of halogens is 1. The number of hydrogen-bond acceptors (Lipinski definition) is 5. The molecule has 1 saturated heterocycles. The third-order valence-electron chi connectivity index (χ3n) is 3.94. The average Bonchev–Trinajstić information content (AvgIpc) is 3.01. The second kappa shape index (κ2) is 10.1. The van der Waals surface area contributed by atoms with Crippen LogP contribution in [0.15, 0.2) is 48.2 Å². The normalized spacial score (nSPS) is 14.5. The summed E-state index contributed by atoms with van der Waals surface area (Å²) in [6.07, 6.45) is 2.39. The van der Waals surface area contributed by atoms with Crippen LogP contribution in [0.25, 0.3) is 6.08 Å². The molecule has 2 N–H and O–H groups in total. The zero-order valence-corrected chi connectivity index (χ0v) is 17.4. The molecule has 1 amide bonds. The molecule has 0 unspecified atom stereocenters. The smallest absolute Gasteiger partial charge is 0.273 e. The van der Waals surface area contributed by atoms with E-state index in [1.807, 2.05) is 43.3 Å². The predicted octanol–water partition coefficient (Wildman–Crippen LogP) is 3.93. The molecular weight excluding hydrogens is 412 g/mol. The Kier molecular flexibility index (Phi) is 7.32. The molecule has 29 heavy (non-hydrogen) atoms. The van der Waals surface area contributed by atoms with Gasteiger partial charge in [-0.15, -0.1) is 0 Å². The molecule has 1 fully saturated rings. The lowest BCUT2D eigenvalue weighted by molar-refractivity contribution is -0.115. The number of hydrogen-bond donors (Lipinski definition) is 2. The van der Waals surface area contributed by atoms with Crippen LogP contribution in [0.5, 0.6) is 17.2 Å². The van der Waals surface area contributed by atoms with Gasteiger partial charge in [-0.3, -0.25) is 10.1 Å². The third-order valence-corrected chi connectivity index (χ3v) is 4.46. The SMILES string of the molecule is CCOc1cc(/C=C2\NC(=S)NC2=O)ccc1OCCCOc1ccccc1Cl. The van der Waals surface area contributed by atoms with E-state index in [4.69, 9.17) is 38.0 Å². The van der Waals surface area contributed by atoms with Crippen LogP contribution in [0.3, 0.4) is 0 Å². The Morgan fingerprint density at radius 2 is 1.76 bits per heavy atom. The minimum absolute atomic E-state index is 0.258. The average molecular weight is 433 g/mol. The highest BCUT2D eigenvalue weighted by atomic mass is 35.5. The summed E-state index contributed by atoms with van der Waals surface area (Å²) < 4.78 is 17.2. The molecule has 2 aromatic rings. The first-order valence-electron chi connectivity index (χ1n) is 9.18. The van der Waals surface area contributed by atoms with Crippen molar-refractivity contribution in [1.29, 1.82) is 0 Å². The number of nitrogens with one attached hydrogen (secondary N) is 2. The van der Waals surface area contributed by atoms with E-state index in [1.54, 1.807) is 12.1 Å². The van der Waals surface area contributed by atoms with Gasteiger partial charge in [0.1, 0.15) is 11.4 Å². The van der Waals surface area contributed by atoms with Crippen LogP contribution in [0.2, 0.25) is 5.02 Å². The highest BCUT2D eigenvalue weighted by molar-refractivity contribution is 7.80. The number of rotatable bonds is 9. The molecule has 2 aromatic carbocycles. The van der Waals surface area contributed by atoms with Crippen molar-refractivity contribution in [2.45, 2.75) is 13.3 Å². The lowest BCUT2D eigenvalue weighted by Gasteiger charge is -2.13. The van der Waals surface area contributed by atoms with Crippen LogP contribution in [0.4, 0.5) is 0 Å². The van der Waals surface area contributed by atoms with E-state index in [-0.39, 0.29) is 5.91 Å². The predicted molar refractivity (Wildman–Crippen MR) is 117 cm³/mol. The maximum atomic E-state index is 11.8. The first kappa shape index (κ1) is 21.0. The molecule has 0 saturated carbocycles. The van der Waals surface area contributed by atoms with Gasteiger partial charge in [0.2, 0.25) is 0 Å². The van der Waals surface area contributed by atoms with Gasteiger partial charge in [-0.05, 0) is 55.0 Å². The van der Waals surface area contributed by atoms with Crippen molar-refractivity contribution in [2.24, 2.45) is 0 Å². The van der Waals surface area contributed by atoms with Crippen molar-refractivity contribution < 1.29 is 19.0 Å². The second-order valence-corrected chi connectivity index (χ2v) is 6.90. The van der Waals surface area contributed by atoms with Crippen LogP contribution in [-0.2, 0) is 4.79 Å². The summed E-state index contributed by atoms with van der Waals surface area (Å²) in [5, 5.41) is 6.23. The summed E-state index contributed by atoms with van der Waals surface area (Å²) in [5.41, 5.74) is 1.19. The van der Waals surface area contributed by atoms with Gasteiger partial charge >= 0.3 is 0 Å². The van der Waals surface area contributed by atoms with Crippen LogP contribution < -0.4 is 24.8 Å². The number of amides is 1. The van der Waals surface area contributed by atoms with Crippen LogP contribution >= 0.6 is 23.8 Å². The molecular formula is C21H21ClN2O4S. The first-order chi connectivity index (χ1) is 14.1. The van der Waals surface area contributed by atoms with Crippen molar-refractivity contribution in [3.63, 3.8) is 0 Å². The summed E-state index contributed by atoms with van der Waals surface area (Å²) in [7, 11) is 0. The second-order valence-electron chi connectivity index (χ2n) is 6.09. The highest BCUT2D eigenvalue weighted by Gasteiger charge is 2.20. The zero-order valence-electron chi connectivity index (χ0n) is 15.9. The Morgan fingerprint density at radius 3 is 2.45 bits per heavy atom. The Hall–Kier alpha value is -2.77. The van der Waals surface area contributed by atoms with Gasteiger partial charge in [0.05, 0.1) is 24.8 Å². The van der Waals surface area contributed by atoms with Gasteiger partial charge < -0.3 is 19.5 Å². The van der Waals surface area contributed by atoms with Gasteiger partial charge in [-0.25, -0.2) is 0 Å². The molecule has 0 bridgehead atoms. The minimum Gasteiger partial charge on any atom is -0.492 e. The van der Waals surface area contributed by atoms with Crippen molar-refractivity contribution in [3.05, 3.63) is 58.7 Å². The quantitative estimate of drug-likeness (QED) is 0.355. The van der Waals surface area contributed by atoms with Gasteiger partial charge in [-0.2, -0.15) is 0 Å². The molecule has 3 rings (SSSR count). The van der Waals surface area contributed by atoms with Gasteiger partial charge in [0.25, 0.3) is 5.91 Å². The summed E-state index contributed by atoms with van der Waals surface area (Å²) in [6, 6.07) is 12.8. The molecule has 6 nitrogen and oxygen atoms in total. The molecule has 0 radical (unpaired) electrons. The molecule has 0 spiro atoms. The zero-order chi connectivity index (χ0) is 20.6. The Morgan fingerprint density at radius 1 is 1.00 bits per heavy atom. The van der Waals surface area contributed by atoms with E-state index in [1.165, 1.54) is 0 Å². The summed E-state index contributed by atoms with van der Waals surface area (Å²) in [4.78, 5) is 11.8. The molecule has 1 aliphatic heterocycles. The molecule has 0 atom stereocenters. The van der Waals surface area contributed by atoms with Crippen LogP contribution in [0.1, 0.15) is 18.9 Å². The molecule has 8 heteroatoms. The van der Waals surface area contributed by atoms with E-state index in [9.17, 15) is 4.79 Å². The lowest BCUT2D eigenvalue weighted by atomic mass is 10.1. The molecule has 0 aliphatic carbocycles. The number of thiocarbonyl (C=S) groups is 1. The summed E-state index contributed by atoms with van der Waals surface area (Å²) in [5.74, 6) is 1.64. The van der Waals surface area contributed by atoms with Gasteiger partial charge in [0, 0.05) is 6.42 Å². The number of benzene rings is 2. The summed E-state index contributed by atoms with van der Waals surface area (Å²) in [6.45, 7) is 3.34. The van der Waals surface area contributed by atoms with Crippen molar-refractivity contribution in [3.8, 4) is 17.2 Å². The maximum absolute atomic E-state index is 11.8. The maximum Gasteiger partial charge on any atom is 0.273 e. The van der Waals surface area contributed by atoms with Crippen molar-refractivity contribution in [2.75, 3.05) is 19.8 Å². The van der Waals surface area contributed by atoms with Crippen molar-refractivity contribution >= 4 is 40.9 Å². The van der Waals surface area contributed by atoms with Crippen molar-refractivity contribution in [1.82, 2.24) is 10.6 Å². The number of carbonyl (C=O) groups excluding carboxylic acids is 1. The Bertz CT molecular complexity index is 933. The fourth-order valence-electron chi connectivity index (χ4n) is 2.64. The van der Waals surface area contributed by atoms with Gasteiger partial charge in [0.15, 0.2) is 16.6 Å². The first-order valence-corrected chi connectivity index (χ1v) is 9.96. The Labute approximate surface area is 179 Å². The lowest BCUT2D eigenvalue weighted by Crippen LogP contribution is -2.21. The van der Waals surface area contributed by atoms with E-state index in [0.717, 1.165) is 5.56 Å². The minimum atomic E-state index is -0.258. The molecule has 152 valence electrons. The monoisotopic (exact) mass is 432 g/mol. The number of para-hydroxylation sites is 1. The van der Waals surface area contributed by atoms with Gasteiger partial charge in [-0.1, -0.05) is 29.8 Å². The third kappa shape index (κ3) is 5.85. The highest BCUT2D eigenvalue weighted by Crippen LogP contribution is 2.30. The number of carbonyl (C=O) groups is 1. The van der Waals surface area contributed by atoms with E-state index >= 15 is 0 Å². The van der Waals surface area contributed by atoms with E-state index in [2.05, 4.69) is 10.6 Å². The topological polar surface area (TPSA) is 68.8 Å². The van der Waals surface area contributed by atoms with E-state index in [0.29, 0.717) is 59.3 Å². The summed E-state index contributed by atoms with van der Waals surface area (Å²) >= 11 is 11.0. The Balaban J connectivity index is 1.57. The van der Waals surface area contributed by atoms with Crippen LogP contribution in [0, 0.1) is 0 Å². The number of ether oxygens (including phenoxy) is 3.